The molecule has 2 aromatic heterocycles. The van der Waals surface area contributed by atoms with E-state index in [1.807, 2.05) is 17.6 Å². The monoisotopic (exact) mass is 395 g/mol. The second-order valence-corrected chi connectivity index (χ2v) is 8.53. The molecule has 6 heteroatoms. The van der Waals surface area contributed by atoms with E-state index in [0.717, 1.165) is 50.0 Å². The van der Waals surface area contributed by atoms with Crippen molar-refractivity contribution in [2.75, 3.05) is 6.54 Å². The third kappa shape index (κ3) is 3.61. The van der Waals surface area contributed by atoms with Gasteiger partial charge in [0.2, 0.25) is 0 Å². The summed E-state index contributed by atoms with van der Waals surface area (Å²) in [5, 5.41) is 3.61. The molecule has 28 heavy (non-hydrogen) atoms. The summed E-state index contributed by atoms with van der Waals surface area (Å²) in [5.41, 5.74) is 3.19. The Bertz CT molecular complexity index is 1100. The van der Waals surface area contributed by atoms with Crippen LogP contribution in [0, 0.1) is 13.8 Å². The highest BCUT2D eigenvalue weighted by Gasteiger charge is 2.22. The van der Waals surface area contributed by atoms with Crippen molar-refractivity contribution in [3.63, 3.8) is 0 Å². The highest BCUT2D eigenvalue weighted by Crippen LogP contribution is 2.28. The van der Waals surface area contributed by atoms with Gasteiger partial charge in [0.05, 0.1) is 10.3 Å². The molecule has 0 bridgehead atoms. The van der Waals surface area contributed by atoms with Gasteiger partial charge in [0.25, 0.3) is 11.5 Å². The lowest BCUT2D eigenvalue weighted by molar-refractivity contribution is 0.0957. The Morgan fingerprint density at radius 1 is 1.25 bits per heavy atom. The molecule has 3 heterocycles. The number of carbonyl (C=O) groups excluding carboxylic acids is 1. The Labute approximate surface area is 168 Å². The van der Waals surface area contributed by atoms with Crippen molar-refractivity contribution >= 4 is 27.5 Å². The van der Waals surface area contributed by atoms with Gasteiger partial charge in [-0.1, -0.05) is 36.2 Å². The van der Waals surface area contributed by atoms with Crippen molar-refractivity contribution in [1.29, 1.82) is 0 Å². The Kier molecular flexibility index (Phi) is 5.31. The number of nitrogens with zero attached hydrogens (tertiary/aromatic N) is 2. The standard InChI is InChI=1S/C22H25N3O2S/c1-14-7-6-8-16(13-14)10-11-23-20(26)19-15(2)18-21(28-19)24-17-9-4-3-5-12-25(17)22(18)27/h6-8,13H,3-5,9-12H2,1-2H3,(H,23,26). The van der Waals surface area contributed by atoms with Crippen LogP contribution in [0.4, 0.5) is 0 Å². The van der Waals surface area contributed by atoms with Crippen LogP contribution in [0.15, 0.2) is 29.1 Å². The average Bonchev–Trinajstić information content (AvgIpc) is 2.84. The molecule has 1 aromatic carbocycles. The maximum Gasteiger partial charge on any atom is 0.262 e. The zero-order valence-corrected chi connectivity index (χ0v) is 17.2. The highest BCUT2D eigenvalue weighted by molar-refractivity contribution is 7.20. The number of benzene rings is 1. The maximum absolute atomic E-state index is 13.0. The molecule has 0 atom stereocenters. The van der Waals surface area contributed by atoms with Gasteiger partial charge in [-0.05, 0) is 44.2 Å². The van der Waals surface area contributed by atoms with Gasteiger partial charge in [-0.2, -0.15) is 0 Å². The van der Waals surface area contributed by atoms with E-state index in [0.29, 0.717) is 21.6 Å². The first-order valence-electron chi connectivity index (χ1n) is 9.91. The molecular weight excluding hydrogens is 370 g/mol. The molecule has 4 rings (SSSR count). The number of amides is 1. The number of rotatable bonds is 4. The number of hydrogen-bond donors (Lipinski definition) is 1. The minimum absolute atomic E-state index is 0.00876. The molecule has 1 N–H and O–H groups in total. The molecule has 1 aliphatic rings. The van der Waals surface area contributed by atoms with Crippen LogP contribution >= 0.6 is 11.3 Å². The lowest BCUT2D eigenvalue weighted by atomic mass is 10.1. The van der Waals surface area contributed by atoms with Crippen molar-refractivity contribution in [1.82, 2.24) is 14.9 Å². The van der Waals surface area contributed by atoms with Gasteiger partial charge in [0, 0.05) is 19.5 Å². The fourth-order valence-electron chi connectivity index (χ4n) is 3.89. The summed E-state index contributed by atoms with van der Waals surface area (Å²) >= 11 is 1.34. The molecule has 0 unspecified atom stereocenters. The molecule has 3 aromatic rings. The largest absolute Gasteiger partial charge is 0.351 e. The molecular formula is C22H25N3O2S. The molecule has 0 aliphatic carbocycles. The Morgan fingerprint density at radius 2 is 2.11 bits per heavy atom. The zero-order chi connectivity index (χ0) is 19.7. The lowest BCUT2D eigenvalue weighted by Gasteiger charge is -2.08. The minimum atomic E-state index is -0.118. The first kappa shape index (κ1) is 18.9. The van der Waals surface area contributed by atoms with Gasteiger partial charge < -0.3 is 5.32 Å². The van der Waals surface area contributed by atoms with E-state index in [-0.39, 0.29) is 11.5 Å². The molecule has 0 saturated carbocycles. The Hall–Kier alpha value is -2.47. The third-order valence-electron chi connectivity index (χ3n) is 5.40. The van der Waals surface area contributed by atoms with E-state index in [1.54, 1.807) is 0 Å². The van der Waals surface area contributed by atoms with Crippen LogP contribution in [0.1, 0.15) is 51.4 Å². The maximum atomic E-state index is 13.0. The number of thiophene rings is 1. The van der Waals surface area contributed by atoms with Crippen molar-refractivity contribution in [2.24, 2.45) is 0 Å². The summed E-state index contributed by atoms with van der Waals surface area (Å²) in [4.78, 5) is 31.8. The van der Waals surface area contributed by atoms with Gasteiger partial charge in [-0.3, -0.25) is 14.2 Å². The van der Waals surface area contributed by atoms with E-state index in [2.05, 4.69) is 30.4 Å². The van der Waals surface area contributed by atoms with Crippen LogP contribution in [0.5, 0.6) is 0 Å². The molecule has 1 aliphatic heterocycles. The van der Waals surface area contributed by atoms with Gasteiger partial charge in [0.15, 0.2) is 0 Å². The second-order valence-electron chi connectivity index (χ2n) is 7.53. The molecule has 0 saturated heterocycles. The highest BCUT2D eigenvalue weighted by atomic mass is 32.1. The molecule has 0 spiro atoms. The van der Waals surface area contributed by atoms with Gasteiger partial charge in [0.1, 0.15) is 10.7 Å². The first-order valence-corrected chi connectivity index (χ1v) is 10.7. The third-order valence-corrected chi connectivity index (χ3v) is 6.58. The van der Waals surface area contributed by atoms with Crippen molar-refractivity contribution < 1.29 is 4.79 Å². The van der Waals surface area contributed by atoms with Crippen LogP contribution in [0.2, 0.25) is 0 Å². The van der Waals surface area contributed by atoms with E-state index in [4.69, 9.17) is 4.98 Å². The molecule has 1 amide bonds. The fourth-order valence-corrected chi connectivity index (χ4v) is 5.00. The summed E-state index contributed by atoms with van der Waals surface area (Å²) in [7, 11) is 0. The number of fused-ring (bicyclic) bond motifs is 2. The number of nitrogens with one attached hydrogen (secondary N) is 1. The average molecular weight is 396 g/mol. The topological polar surface area (TPSA) is 64.0 Å². The summed E-state index contributed by atoms with van der Waals surface area (Å²) in [6, 6.07) is 8.30. The molecule has 5 nitrogen and oxygen atoms in total. The summed E-state index contributed by atoms with van der Waals surface area (Å²) < 4.78 is 1.81. The summed E-state index contributed by atoms with van der Waals surface area (Å²) in [5.74, 6) is 0.746. The van der Waals surface area contributed by atoms with E-state index >= 15 is 0 Å². The predicted molar refractivity (Wildman–Crippen MR) is 113 cm³/mol. The number of carbonyl (C=O) groups is 1. The zero-order valence-electron chi connectivity index (χ0n) is 16.4. The Balaban J connectivity index is 1.56. The Morgan fingerprint density at radius 3 is 2.93 bits per heavy atom. The molecule has 0 radical (unpaired) electrons. The number of aromatic nitrogens is 2. The van der Waals surface area contributed by atoms with Crippen LogP contribution < -0.4 is 10.9 Å². The van der Waals surface area contributed by atoms with E-state index in [1.165, 1.54) is 22.5 Å². The van der Waals surface area contributed by atoms with Gasteiger partial charge in [-0.15, -0.1) is 11.3 Å². The smallest absolute Gasteiger partial charge is 0.262 e. The van der Waals surface area contributed by atoms with Crippen molar-refractivity contribution in [3.8, 4) is 0 Å². The molecule has 0 fully saturated rings. The predicted octanol–water partition coefficient (Wildman–Crippen LogP) is 3.77. The van der Waals surface area contributed by atoms with Crippen LogP contribution in [-0.2, 0) is 19.4 Å². The van der Waals surface area contributed by atoms with Crippen molar-refractivity contribution in [3.05, 3.63) is 62.0 Å². The van der Waals surface area contributed by atoms with Crippen LogP contribution in [0.25, 0.3) is 10.2 Å². The second kappa shape index (κ2) is 7.87. The van der Waals surface area contributed by atoms with E-state index in [9.17, 15) is 9.59 Å². The van der Waals surface area contributed by atoms with E-state index < -0.39 is 0 Å². The minimum Gasteiger partial charge on any atom is -0.351 e. The summed E-state index contributed by atoms with van der Waals surface area (Å²) in [6.45, 7) is 5.22. The van der Waals surface area contributed by atoms with Crippen LogP contribution in [0.3, 0.4) is 0 Å². The fraction of sp³-hybridized carbons (Fsp3) is 0.409. The number of hydrogen-bond acceptors (Lipinski definition) is 4. The quantitative estimate of drug-likeness (QED) is 0.731. The first-order chi connectivity index (χ1) is 13.5. The lowest BCUT2D eigenvalue weighted by Crippen LogP contribution is -2.26. The van der Waals surface area contributed by atoms with Crippen LogP contribution in [-0.4, -0.2) is 22.0 Å². The SMILES string of the molecule is Cc1cccc(CCNC(=O)c2sc3nc4n(c(=O)c3c2C)CCCCC4)c1. The van der Waals surface area contributed by atoms with Gasteiger partial charge in [-0.25, -0.2) is 4.98 Å². The normalized spacial score (nSPS) is 13.9. The molecule has 146 valence electrons. The number of aryl methyl sites for hydroxylation is 3. The van der Waals surface area contributed by atoms with Gasteiger partial charge >= 0.3 is 0 Å². The van der Waals surface area contributed by atoms with Crippen molar-refractivity contribution in [2.45, 2.75) is 52.5 Å². The summed E-state index contributed by atoms with van der Waals surface area (Å²) in [6.07, 6.45) is 4.82.